The van der Waals surface area contributed by atoms with E-state index in [4.69, 9.17) is 0 Å². The zero-order chi connectivity index (χ0) is 20.8. The molecule has 0 spiro atoms. The number of rotatable bonds is 5. The van der Waals surface area contributed by atoms with Crippen LogP contribution in [-0.2, 0) is 11.2 Å². The predicted octanol–water partition coefficient (Wildman–Crippen LogP) is 6.49. The van der Waals surface area contributed by atoms with Crippen molar-refractivity contribution in [2.45, 2.75) is 6.42 Å². The van der Waals surface area contributed by atoms with Crippen LogP contribution in [-0.4, -0.2) is 5.91 Å². The molecule has 0 aromatic heterocycles. The molecule has 0 aliphatic carbocycles. The SMILES string of the molecule is N#C/C(=C\c1cc(Br)ccc1Cc1cccc(F)c1)C(=O)Nc1ccc(Br)cc1. The highest BCUT2D eigenvalue weighted by Crippen LogP contribution is 2.23. The summed E-state index contributed by atoms with van der Waals surface area (Å²) in [5, 5.41) is 12.2. The van der Waals surface area contributed by atoms with Crippen molar-refractivity contribution >= 4 is 49.5 Å². The summed E-state index contributed by atoms with van der Waals surface area (Å²) in [7, 11) is 0. The van der Waals surface area contributed by atoms with E-state index in [1.165, 1.54) is 12.1 Å². The monoisotopic (exact) mass is 512 g/mol. The van der Waals surface area contributed by atoms with E-state index in [2.05, 4.69) is 37.2 Å². The summed E-state index contributed by atoms with van der Waals surface area (Å²) in [5.41, 5.74) is 2.97. The fourth-order valence-corrected chi connectivity index (χ4v) is 3.41. The number of hydrogen-bond acceptors (Lipinski definition) is 2. The van der Waals surface area contributed by atoms with E-state index in [0.29, 0.717) is 17.7 Å². The molecule has 3 nitrogen and oxygen atoms in total. The van der Waals surface area contributed by atoms with Gasteiger partial charge in [-0.3, -0.25) is 4.79 Å². The molecule has 3 aromatic carbocycles. The van der Waals surface area contributed by atoms with E-state index in [9.17, 15) is 14.4 Å². The molecule has 1 amide bonds. The number of nitrogens with one attached hydrogen (secondary N) is 1. The maximum absolute atomic E-state index is 13.5. The standard InChI is InChI=1S/C23H15Br2FN2O/c24-19-6-8-22(9-7-19)28-23(29)18(14-27)12-17-13-20(25)5-4-16(17)10-15-2-1-3-21(26)11-15/h1-9,11-13H,10H2,(H,28,29)/b18-12+. The normalized spacial score (nSPS) is 11.0. The molecule has 0 radical (unpaired) electrons. The Hall–Kier alpha value is -2.75. The lowest BCUT2D eigenvalue weighted by atomic mass is 9.98. The third-order valence-electron chi connectivity index (χ3n) is 4.16. The number of hydrogen-bond donors (Lipinski definition) is 1. The predicted molar refractivity (Wildman–Crippen MR) is 120 cm³/mol. The van der Waals surface area contributed by atoms with Crippen LogP contribution < -0.4 is 5.32 Å². The number of amides is 1. The molecule has 0 heterocycles. The van der Waals surface area contributed by atoms with E-state index in [1.54, 1.807) is 36.4 Å². The van der Waals surface area contributed by atoms with Gasteiger partial charge in [-0.25, -0.2) is 4.39 Å². The number of carbonyl (C=O) groups is 1. The summed E-state index contributed by atoms with van der Waals surface area (Å²) in [6, 6.07) is 21.0. The Morgan fingerprint density at radius 2 is 1.76 bits per heavy atom. The van der Waals surface area contributed by atoms with E-state index >= 15 is 0 Å². The summed E-state index contributed by atoms with van der Waals surface area (Å²) in [6.45, 7) is 0. The maximum atomic E-state index is 13.5. The zero-order valence-corrected chi connectivity index (χ0v) is 18.3. The van der Waals surface area contributed by atoms with Crippen LogP contribution in [0.4, 0.5) is 10.1 Å². The van der Waals surface area contributed by atoms with Gasteiger partial charge in [0.25, 0.3) is 5.91 Å². The molecule has 3 rings (SSSR count). The van der Waals surface area contributed by atoms with E-state index in [1.807, 2.05) is 30.3 Å². The van der Waals surface area contributed by atoms with Gasteiger partial charge < -0.3 is 5.32 Å². The molecule has 0 aliphatic heterocycles. The van der Waals surface area contributed by atoms with Crippen LogP contribution in [0, 0.1) is 17.1 Å². The average molecular weight is 514 g/mol. The lowest BCUT2D eigenvalue weighted by Crippen LogP contribution is -2.13. The minimum absolute atomic E-state index is 0.0217. The molecule has 0 saturated carbocycles. The van der Waals surface area contributed by atoms with Crippen LogP contribution in [0.5, 0.6) is 0 Å². The first-order valence-corrected chi connectivity index (χ1v) is 10.2. The molecule has 29 heavy (non-hydrogen) atoms. The lowest BCUT2D eigenvalue weighted by molar-refractivity contribution is -0.112. The molecule has 0 bridgehead atoms. The van der Waals surface area contributed by atoms with Gasteiger partial charge >= 0.3 is 0 Å². The van der Waals surface area contributed by atoms with Crippen molar-refractivity contribution in [3.63, 3.8) is 0 Å². The van der Waals surface area contributed by atoms with Gasteiger partial charge in [0.1, 0.15) is 17.5 Å². The third kappa shape index (κ3) is 5.86. The number of carbonyl (C=O) groups excluding carboxylic acids is 1. The first-order valence-electron chi connectivity index (χ1n) is 8.66. The molecule has 0 aliphatic rings. The van der Waals surface area contributed by atoms with Crippen LogP contribution in [0.25, 0.3) is 6.08 Å². The van der Waals surface area contributed by atoms with Gasteiger partial charge in [0, 0.05) is 14.6 Å². The van der Waals surface area contributed by atoms with Crippen LogP contribution in [0.3, 0.4) is 0 Å². The second-order valence-corrected chi connectivity index (χ2v) is 8.11. The Morgan fingerprint density at radius 1 is 1.03 bits per heavy atom. The van der Waals surface area contributed by atoms with Gasteiger partial charge in [0.2, 0.25) is 0 Å². The molecule has 6 heteroatoms. The second kappa shape index (κ2) is 9.64. The molecule has 0 atom stereocenters. The fourth-order valence-electron chi connectivity index (χ4n) is 2.76. The van der Waals surface area contributed by atoms with Gasteiger partial charge in [-0.05, 0) is 77.7 Å². The Bertz CT molecular complexity index is 1120. The third-order valence-corrected chi connectivity index (χ3v) is 5.18. The molecule has 0 unspecified atom stereocenters. The van der Waals surface area contributed by atoms with E-state index in [-0.39, 0.29) is 11.4 Å². The highest BCUT2D eigenvalue weighted by atomic mass is 79.9. The molecular formula is C23H15Br2FN2O. The van der Waals surface area contributed by atoms with Gasteiger partial charge in [-0.2, -0.15) is 5.26 Å². The molecule has 0 saturated heterocycles. The van der Waals surface area contributed by atoms with Crippen LogP contribution in [0.1, 0.15) is 16.7 Å². The number of nitrogens with zero attached hydrogens (tertiary/aromatic N) is 1. The highest BCUT2D eigenvalue weighted by Gasteiger charge is 2.12. The molecule has 0 fully saturated rings. The van der Waals surface area contributed by atoms with E-state index < -0.39 is 5.91 Å². The first kappa shape index (κ1) is 21.0. The van der Waals surface area contributed by atoms with Crippen molar-refractivity contribution in [2.24, 2.45) is 0 Å². The van der Waals surface area contributed by atoms with Gasteiger partial charge in [0.05, 0.1) is 0 Å². The van der Waals surface area contributed by atoms with Crippen molar-refractivity contribution in [3.05, 3.63) is 104 Å². The minimum atomic E-state index is -0.494. The van der Waals surface area contributed by atoms with Crippen LogP contribution in [0.2, 0.25) is 0 Å². The van der Waals surface area contributed by atoms with Crippen LogP contribution in [0.15, 0.2) is 81.2 Å². The van der Waals surface area contributed by atoms with Crippen molar-refractivity contribution < 1.29 is 9.18 Å². The van der Waals surface area contributed by atoms with Crippen molar-refractivity contribution in [2.75, 3.05) is 5.32 Å². The lowest BCUT2D eigenvalue weighted by Gasteiger charge is -2.09. The first-order chi connectivity index (χ1) is 13.9. The topological polar surface area (TPSA) is 52.9 Å². The Balaban J connectivity index is 1.90. The van der Waals surface area contributed by atoms with Crippen molar-refractivity contribution in [1.29, 1.82) is 5.26 Å². The largest absolute Gasteiger partial charge is 0.321 e. The summed E-state index contributed by atoms with van der Waals surface area (Å²) >= 11 is 6.77. The van der Waals surface area contributed by atoms with Crippen molar-refractivity contribution in [3.8, 4) is 6.07 Å². The maximum Gasteiger partial charge on any atom is 0.266 e. The number of benzene rings is 3. The second-order valence-electron chi connectivity index (χ2n) is 6.28. The summed E-state index contributed by atoms with van der Waals surface area (Å²) in [6.07, 6.45) is 2.03. The van der Waals surface area contributed by atoms with E-state index in [0.717, 1.165) is 20.1 Å². The summed E-state index contributed by atoms with van der Waals surface area (Å²) in [4.78, 5) is 12.6. The average Bonchev–Trinajstić information content (AvgIpc) is 2.69. The van der Waals surface area contributed by atoms with Gasteiger partial charge in [-0.15, -0.1) is 0 Å². The highest BCUT2D eigenvalue weighted by molar-refractivity contribution is 9.10. The fraction of sp³-hybridized carbons (Fsp3) is 0.0435. The Morgan fingerprint density at radius 3 is 2.45 bits per heavy atom. The van der Waals surface area contributed by atoms with Gasteiger partial charge in [0.15, 0.2) is 0 Å². The molecule has 3 aromatic rings. The zero-order valence-electron chi connectivity index (χ0n) is 15.1. The number of nitriles is 1. The van der Waals surface area contributed by atoms with Crippen molar-refractivity contribution in [1.82, 2.24) is 0 Å². The quantitative estimate of drug-likeness (QED) is 0.313. The number of anilines is 1. The Kier molecular flexibility index (Phi) is 6.97. The molecule has 1 N–H and O–H groups in total. The number of halogens is 3. The Labute approximate surface area is 185 Å². The van der Waals surface area contributed by atoms with Crippen LogP contribution >= 0.6 is 31.9 Å². The summed E-state index contributed by atoms with van der Waals surface area (Å²) in [5.74, 6) is -0.796. The minimum Gasteiger partial charge on any atom is -0.321 e. The molecule has 144 valence electrons. The summed E-state index contributed by atoms with van der Waals surface area (Å²) < 4.78 is 15.2. The molecular weight excluding hydrogens is 499 g/mol. The smallest absolute Gasteiger partial charge is 0.266 e. The van der Waals surface area contributed by atoms with Gasteiger partial charge in [-0.1, -0.05) is 50.1 Å².